The highest BCUT2D eigenvalue weighted by atomic mass is 16.5. The lowest BCUT2D eigenvalue weighted by Gasteiger charge is -2.28. The average Bonchev–Trinajstić information content (AvgIpc) is 3.11. The Morgan fingerprint density at radius 3 is 1.90 bits per heavy atom. The SMILES string of the molecule is COc1c(O)c2c(=O)cc(OC)c3c4c(OC)cc(=O)c5c(O)c(NC6CCCCC6)c6c(c(c1C=C(C)C6)c23)c54. The lowest BCUT2D eigenvalue weighted by molar-refractivity contribution is 0.376. The van der Waals surface area contributed by atoms with Crippen LogP contribution in [0.15, 0.2) is 27.3 Å². The molecule has 0 atom stereocenters. The number of methoxy groups -OCH3 is 3. The molecule has 0 amide bonds. The fourth-order valence-corrected chi connectivity index (χ4v) is 7.33. The van der Waals surface area contributed by atoms with E-state index in [9.17, 15) is 19.8 Å². The Bertz CT molecular complexity index is 2060. The maximum atomic E-state index is 13.7. The lowest BCUT2D eigenvalue weighted by atomic mass is 9.83. The van der Waals surface area contributed by atoms with E-state index in [4.69, 9.17) is 14.2 Å². The molecule has 210 valence electrons. The number of phenols is 2. The Morgan fingerprint density at radius 1 is 0.732 bits per heavy atom. The van der Waals surface area contributed by atoms with Gasteiger partial charge in [0, 0.05) is 50.7 Å². The van der Waals surface area contributed by atoms with E-state index in [-0.39, 0.29) is 45.2 Å². The Labute approximate surface area is 235 Å². The van der Waals surface area contributed by atoms with Gasteiger partial charge in [-0.15, -0.1) is 0 Å². The van der Waals surface area contributed by atoms with Gasteiger partial charge in [0.25, 0.3) is 0 Å². The van der Waals surface area contributed by atoms with Crippen LogP contribution < -0.4 is 30.4 Å². The number of aromatic hydroxyl groups is 2. The summed E-state index contributed by atoms with van der Waals surface area (Å²) in [7, 11) is 4.43. The van der Waals surface area contributed by atoms with Crippen molar-refractivity contribution in [3.05, 3.63) is 49.3 Å². The zero-order valence-electron chi connectivity index (χ0n) is 23.5. The maximum absolute atomic E-state index is 13.7. The quantitative estimate of drug-likeness (QED) is 0.137. The minimum Gasteiger partial charge on any atom is -0.505 e. The van der Waals surface area contributed by atoms with E-state index in [2.05, 4.69) is 5.32 Å². The van der Waals surface area contributed by atoms with Gasteiger partial charge in [-0.05, 0) is 37.1 Å². The van der Waals surface area contributed by atoms with E-state index in [1.54, 1.807) is 0 Å². The van der Waals surface area contributed by atoms with Crippen LogP contribution in [-0.2, 0) is 6.42 Å². The predicted molar refractivity (Wildman–Crippen MR) is 162 cm³/mol. The molecule has 5 aromatic carbocycles. The second-order valence-electron chi connectivity index (χ2n) is 11.3. The molecule has 0 aromatic heterocycles. The molecule has 0 saturated heterocycles. The number of nitrogens with one attached hydrogen (secondary N) is 1. The first-order valence-corrected chi connectivity index (χ1v) is 14.0. The summed E-state index contributed by atoms with van der Waals surface area (Å²) in [5.74, 6) is 0.436. The molecule has 0 unspecified atom stereocenters. The van der Waals surface area contributed by atoms with Gasteiger partial charge in [0.1, 0.15) is 11.5 Å². The third-order valence-corrected chi connectivity index (χ3v) is 9.00. The van der Waals surface area contributed by atoms with Gasteiger partial charge in [-0.3, -0.25) is 9.59 Å². The fourth-order valence-electron chi connectivity index (χ4n) is 7.33. The number of allylic oxidation sites excluding steroid dienone is 1. The Hall–Kier alpha value is -4.46. The summed E-state index contributed by atoms with van der Waals surface area (Å²) in [6.45, 7) is 1.99. The molecular formula is C33H31NO7. The molecule has 0 heterocycles. The second kappa shape index (κ2) is 9.03. The number of benzene rings is 5. The highest BCUT2D eigenvalue weighted by Gasteiger charge is 2.33. The van der Waals surface area contributed by atoms with Crippen molar-refractivity contribution in [3.63, 3.8) is 0 Å². The zero-order valence-corrected chi connectivity index (χ0v) is 23.5. The first-order valence-electron chi connectivity index (χ1n) is 14.0. The van der Waals surface area contributed by atoms with Crippen LogP contribution in [-0.4, -0.2) is 37.6 Å². The number of rotatable bonds is 5. The molecule has 0 radical (unpaired) electrons. The molecule has 8 nitrogen and oxygen atoms in total. The summed E-state index contributed by atoms with van der Waals surface area (Å²) in [4.78, 5) is 27.3. The summed E-state index contributed by atoms with van der Waals surface area (Å²) in [6.07, 6.45) is 7.75. The van der Waals surface area contributed by atoms with Crippen LogP contribution in [0, 0.1) is 0 Å². The molecular weight excluding hydrogens is 522 g/mol. The smallest absolute Gasteiger partial charge is 0.194 e. The average molecular weight is 554 g/mol. The third kappa shape index (κ3) is 3.33. The highest BCUT2D eigenvalue weighted by Crippen LogP contribution is 2.56. The van der Waals surface area contributed by atoms with Crippen molar-refractivity contribution >= 4 is 54.9 Å². The van der Waals surface area contributed by atoms with Crippen LogP contribution in [0.2, 0.25) is 0 Å². The van der Waals surface area contributed by atoms with Crippen LogP contribution in [0.25, 0.3) is 49.2 Å². The van der Waals surface area contributed by atoms with E-state index in [0.29, 0.717) is 50.4 Å². The summed E-state index contributed by atoms with van der Waals surface area (Å²) in [6, 6.07) is 2.87. The van der Waals surface area contributed by atoms with Crippen molar-refractivity contribution in [2.45, 2.75) is 51.5 Å². The van der Waals surface area contributed by atoms with Crippen molar-refractivity contribution in [3.8, 4) is 28.7 Å². The van der Waals surface area contributed by atoms with Gasteiger partial charge in [-0.25, -0.2) is 0 Å². The van der Waals surface area contributed by atoms with Gasteiger partial charge < -0.3 is 29.7 Å². The van der Waals surface area contributed by atoms with Gasteiger partial charge in [-0.1, -0.05) is 30.9 Å². The van der Waals surface area contributed by atoms with Crippen LogP contribution in [0.1, 0.15) is 50.2 Å². The molecule has 3 N–H and O–H groups in total. The molecule has 41 heavy (non-hydrogen) atoms. The maximum Gasteiger partial charge on any atom is 0.194 e. The third-order valence-electron chi connectivity index (χ3n) is 9.00. The molecule has 7 rings (SSSR count). The number of phenolic OH excluding ortho intramolecular Hbond substituents is 2. The van der Waals surface area contributed by atoms with Crippen molar-refractivity contribution in [2.24, 2.45) is 0 Å². The molecule has 1 fully saturated rings. The summed E-state index contributed by atoms with van der Waals surface area (Å²) >= 11 is 0. The van der Waals surface area contributed by atoms with Crippen molar-refractivity contribution in [2.75, 3.05) is 26.6 Å². The predicted octanol–water partition coefficient (Wildman–Crippen LogP) is 6.04. The fraction of sp³-hybridized carbons (Fsp3) is 0.333. The molecule has 2 aliphatic rings. The van der Waals surface area contributed by atoms with Crippen LogP contribution >= 0.6 is 0 Å². The minimum absolute atomic E-state index is 0.0840. The molecule has 0 spiro atoms. The minimum atomic E-state index is -0.413. The van der Waals surface area contributed by atoms with Crippen molar-refractivity contribution < 1.29 is 24.4 Å². The number of hydrogen-bond donors (Lipinski definition) is 3. The van der Waals surface area contributed by atoms with E-state index in [1.165, 1.54) is 39.9 Å². The van der Waals surface area contributed by atoms with Crippen molar-refractivity contribution in [1.82, 2.24) is 0 Å². The monoisotopic (exact) mass is 553 g/mol. The van der Waals surface area contributed by atoms with Crippen LogP contribution in [0.3, 0.4) is 0 Å². The molecule has 0 bridgehead atoms. The first kappa shape index (κ1) is 25.5. The Morgan fingerprint density at radius 2 is 1.32 bits per heavy atom. The molecule has 1 saturated carbocycles. The topological polar surface area (TPSA) is 114 Å². The summed E-state index contributed by atoms with van der Waals surface area (Å²) < 4.78 is 17.2. The molecule has 2 aliphatic carbocycles. The van der Waals surface area contributed by atoms with E-state index >= 15 is 0 Å². The summed E-state index contributed by atoms with van der Waals surface area (Å²) in [5.41, 5.74) is 2.17. The number of hydrogen-bond acceptors (Lipinski definition) is 8. The molecule has 8 heteroatoms. The van der Waals surface area contributed by atoms with E-state index < -0.39 is 5.43 Å². The van der Waals surface area contributed by atoms with E-state index in [1.807, 2.05) is 13.0 Å². The number of ether oxygens (including phenoxy) is 3. The zero-order chi connectivity index (χ0) is 28.7. The van der Waals surface area contributed by atoms with Crippen LogP contribution in [0.4, 0.5) is 5.69 Å². The summed E-state index contributed by atoms with van der Waals surface area (Å²) in [5, 5.41) is 30.8. The first-order chi connectivity index (χ1) is 19.8. The second-order valence-corrected chi connectivity index (χ2v) is 11.3. The normalized spacial score (nSPS) is 15.7. The van der Waals surface area contributed by atoms with Gasteiger partial charge in [-0.2, -0.15) is 0 Å². The largest absolute Gasteiger partial charge is 0.505 e. The van der Waals surface area contributed by atoms with Crippen LogP contribution in [0.5, 0.6) is 28.7 Å². The number of fused-ring (bicyclic) bond motifs is 1. The molecule has 0 aliphatic heterocycles. The van der Waals surface area contributed by atoms with Gasteiger partial charge >= 0.3 is 0 Å². The van der Waals surface area contributed by atoms with E-state index in [0.717, 1.165) is 42.2 Å². The Kier molecular flexibility index (Phi) is 5.61. The lowest BCUT2D eigenvalue weighted by Crippen LogP contribution is -2.23. The Balaban J connectivity index is 1.85. The highest BCUT2D eigenvalue weighted by molar-refractivity contribution is 6.39. The van der Waals surface area contributed by atoms with Gasteiger partial charge in [0.05, 0.1) is 37.8 Å². The number of anilines is 1. The van der Waals surface area contributed by atoms with Crippen molar-refractivity contribution in [1.29, 1.82) is 0 Å². The molecule has 5 aromatic rings. The van der Waals surface area contributed by atoms with Gasteiger partial charge in [0.15, 0.2) is 28.1 Å². The standard InChI is InChI=1S/C33H31NO7/c1-14-10-16-22-23-17(11-14)33(41-4)32(38)25-19(36)13-21(40-3)27(29(23)25)26-20(39-2)12-18(35)24(28(22)26)31(37)30(16)34-15-8-6-5-7-9-15/h11-13,15,34,37-38H,5-10H2,1-4H3. The van der Waals surface area contributed by atoms with Gasteiger partial charge in [0.2, 0.25) is 0 Å².